The molecule has 0 N–H and O–H groups in total. The third-order valence-electron chi connectivity index (χ3n) is 11.6. The fourth-order valence-electron chi connectivity index (χ4n) is 8.89. The van der Waals surface area contributed by atoms with Crippen molar-refractivity contribution in [3.8, 4) is 50.5 Å². The zero-order valence-electron chi connectivity index (χ0n) is 31.3. The molecule has 9 aromatic carbocycles. The quantitative estimate of drug-likeness (QED) is 0.177. The van der Waals surface area contributed by atoms with E-state index in [1.165, 1.54) is 32.6 Å². The maximum atomic E-state index is 6.65. The first-order valence-corrected chi connectivity index (χ1v) is 19.7. The molecular weight excluding hydrogens is 707 g/mol. The Morgan fingerprint density at radius 3 is 1.88 bits per heavy atom. The van der Waals surface area contributed by atoms with Gasteiger partial charge in [-0.25, -0.2) is 9.97 Å². The van der Waals surface area contributed by atoms with Crippen LogP contribution in [-0.4, -0.2) is 14.5 Å². The highest BCUT2D eigenvalue weighted by Gasteiger charge is 2.20. The number of furan rings is 1. The minimum Gasteiger partial charge on any atom is -0.456 e. The van der Waals surface area contributed by atoms with Crippen molar-refractivity contribution in [1.82, 2.24) is 14.5 Å². The lowest BCUT2D eigenvalue weighted by molar-refractivity contribution is 0.669. The molecule has 0 aliphatic rings. The van der Waals surface area contributed by atoms with Gasteiger partial charge in [0.1, 0.15) is 11.2 Å². The molecule has 0 amide bonds. The molecule has 0 aliphatic heterocycles. The van der Waals surface area contributed by atoms with Gasteiger partial charge in [-0.1, -0.05) is 140 Å². The summed E-state index contributed by atoms with van der Waals surface area (Å²) in [5.41, 5.74) is 15.1. The number of aromatic nitrogens is 3. The fraction of sp³-hybridized carbons (Fsp3) is 0. The lowest BCUT2D eigenvalue weighted by Crippen LogP contribution is -1.96. The molecule has 4 heteroatoms. The molecule has 12 rings (SSSR count). The maximum Gasteiger partial charge on any atom is 0.136 e. The zero-order valence-corrected chi connectivity index (χ0v) is 31.3. The van der Waals surface area contributed by atoms with Crippen molar-refractivity contribution in [2.45, 2.75) is 0 Å². The Labute approximate surface area is 333 Å². The fourth-order valence-corrected chi connectivity index (χ4v) is 8.89. The number of nitrogens with zero attached hydrogens (tertiary/aromatic N) is 3. The minimum atomic E-state index is 0.817. The smallest absolute Gasteiger partial charge is 0.136 e. The summed E-state index contributed by atoms with van der Waals surface area (Å²) in [5.74, 6) is 0. The van der Waals surface area contributed by atoms with Gasteiger partial charge in [-0.05, 0) is 93.7 Å². The van der Waals surface area contributed by atoms with Gasteiger partial charge in [-0.3, -0.25) is 0 Å². The van der Waals surface area contributed by atoms with Crippen LogP contribution in [0.4, 0.5) is 0 Å². The normalized spacial score (nSPS) is 11.8. The van der Waals surface area contributed by atoms with E-state index >= 15 is 0 Å². The largest absolute Gasteiger partial charge is 0.456 e. The van der Waals surface area contributed by atoms with Crippen molar-refractivity contribution < 1.29 is 4.42 Å². The van der Waals surface area contributed by atoms with Crippen molar-refractivity contribution in [2.24, 2.45) is 0 Å². The summed E-state index contributed by atoms with van der Waals surface area (Å²) < 4.78 is 9.03. The number of fused-ring (bicyclic) bond motifs is 9. The van der Waals surface area contributed by atoms with Crippen LogP contribution in [0.25, 0.3) is 116 Å². The van der Waals surface area contributed by atoms with Crippen molar-refractivity contribution in [3.05, 3.63) is 200 Å². The van der Waals surface area contributed by atoms with Gasteiger partial charge in [-0.2, -0.15) is 0 Å². The Balaban J connectivity index is 0.971. The minimum absolute atomic E-state index is 0.817. The molecule has 0 saturated carbocycles. The van der Waals surface area contributed by atoms with Crippen LogP contribution in [0.5, 0.6) is 0 Å². The van der Waals surface area contributed by atoms with E-state index in [9.17, 15) is 0 Å². The van der Waals surface area contributed by atoms with E-state index in [0.717, 1.165) is 83.4 Å². The van der Waals surface area contributed by atoms with E-state index in [0.29, 0.717) is 0 Å². The summed E-state index contributed by atoms with van der Waals surface area (Å²) in [6.45, 7) is 0. The van der Waals surface area contributed by atoms with E-state index in [1.54, 1.807) is 0 Å². The Kier molecular flexibility index (Phi) is 7.20. The Hall–Kier alpha value is -7.82. The number of para-hydroxylation sites is 3. The molecule has 0 saturated heterocycles. The number of hydrogen-bond acceptors (Lipinski definition) is 3. The van der Waals surface area contributed by atoms with Crippen molar-refractivity contribution >= 4 is 65.6 Å². The molecule has 58 heavy (non-hydrogen) atoms. The topological polar surface area (TPSA) is 43.9 Å². The molecule has 0 radical (unpaired) electrons. The van der Waals surface area contributed by atoms with Gasteiger partial charge in [0.15, 0.2) is 0 Å². The zero-order chi connectivity index (χ0) is 38.2. The average molecular weight is 740 g/mol. The number of hydrogen-bond donors (Lipinski definition) is 0. The second-order valence-corrected chi connectivity index (χ2v) is 14.9. The lowest BCUT2D eigenvalue weighted by Gasteiger charge is -2.13. The van der Waals surface area contributed by atoms with Crippen LogP contribution in [0.3, 0.4) is 0 Å². The summed E-state index contributed by atoms with van der Waals surface area (Å²) in [4.78, 5) is 10.6. The Morgan fingerprint density at radius 1 is 0.362 bits per heavy atom. The van der Waals surface area contributed by atoms with E-state index in [-0.39, 0.29) is 0 Å². The highest BCUT2D eigenvalue weighted by Crippen LogP contribution is 2.42. The van der Waals surface area contributed by atoms with Gasteiger partial charge in [0.2, 0.25) is 0 Å². The van der Waals surface area contributed by atoms with Crippen LogP contribution < -0.4 is 0 Å². The van der Waals surface area contributed by atoms with Gasteiger partial charge < -0.3 is 8.98 Å². The first kappa shape index (κ1) is 32.4. The van der Waals surface area contributed by atoms with Crippen LogP contribution in [0.1, 0.15) is 0 Å². The number of rotatable bonds is 5. The van der Waals surface area contributed by atoms with Crippen LogP contribution in [-0.2, 0) is 0 Å². The maximum absolute atomic E-state index is 6.65. The molecule has 3 aromatic heterocycles. The molecular formula is C54H33N3O. The van der Waals surface area contributed by atoms with Crippen molar-refractivity contribution in [2.75, 3.05) is 0 Å². The molecule has 0 bridgehead atoms. The van der Waals surface area contributed by atoms with E-state index in [4.69, 9.17) is 14.4 Å². The van der Waals surface area contributed by atoms with Gasteiger partial charge in [0.25, 0.3) is 0 Å². The van der Waals surface area contributed by atoms with Crippen LogP contribution >= 0.6 is 0 Å². The predicted molar refractivity (Wildman–Crippen MR) is 240 cm³/mol. The molecule has 0 unspecified atom stereocenters. The molecule has 4 nitrogen and oxygen atoms in total. The SMILES string of the molecule is c1ccc(-c2cccc(-c3nc4ccccc4nc3-c3cccc4oc5cc(-c6ccc(-n7c8ccccc8c8c9ccccc9ccc87)cc6)ccc5c34)c2)cc1. The van der Waals surface area contributed by atoms with E-state index in [1.807, 2.05) is 36.4 Å². The first-order chi connectivity index (χ1) is 28.7. The molecule has 0 atom stereocenters. The average Bonchev–Trinajstić information content (AvgIpc) is 3.85. The van der Waals surface area contributed by atoms with Gasteiger partial charge in [0, 0.05) is 38.4 Å². The second-order valence-electron chi connectivity index (χ2n) is 14.9. The standard InChI is InChI=1S/C54H33N3O/c1-2-12-34(13-3-1)37-15-10-16-39(32-37)53-54(56-46-21-8-7-20-45(46)55-53)44-19-11-23-49-52(44)43-30-26-38(33-50(43)58-49)35-24-28-40(29-25-35)57-47-22-9-6-18-42(47)51-41-17-5-4-14-36(41)27-31-48(51)57/h1-33H. The van der Waals surface area contributed by atoms with Gasteiger partial charge in [0.05, 0.1) is 33.5 Å². The Bertz CT molecular complexity index is 3560. The third kappa shape index (κ3) is 5.09. The highest BCUT2D eigenvalue weighted by atomic mass is 16.3. The summed E-state index contributed by atoms with van der Waals surface area (Å²) in [6.07, 6.45) is 0. The van der Waals surface area contributed by atoms with Crippen molar-refractivity contribution in [3.63, 3.8) is 0 Å². The van der Waals surface area contributed by atoms with Crippen LogP contribution in [0.15, 0.2) is 205 Å². The predicted octanol–water partition coefficient (Wildman–Crippen LogP) is 14.4. The summed E-state index contributed by atoms with van der Waals surface area (Å²) in [7, 11) is 0. The van der Waals surface area contributed by atoms with E-state index in [2.05, 4.69) is 168 Å². The lowest BCUT2D eigenvalue weighted by atomic mass is 9.96. The monoisotopic (exact) mass is 739 g/mol. The molecule has 3 heterocycles. The molecule has 0 aliphatic carbocycles. The molecule has 12 aromatic rings. The number of benzene rings is 9. The summed E-state index contributed by atoms with van der Waals surface area (Å²) in [6, 6.07) is 70.7. The molecule has 0 spiro atoms. The summed E-state index contributed by atoms with van der Waals surface area (Å²) >= 11 is 0. The second kappa shape index (κ2) is 12.9. The van der Waals surface area contributed by atoms with Crippen LogP contribution in [0.2, 0.25) is 0 Å². The summed E-state index contributed by atoms with van der Waals surface area (Å²) in [5, 5.41) is 7.15. The Morgan fingerprint density at radius 2 is 1.02 bits per heavy atom. The third-order valence-corrected chi connectivity index (χ3v) is 11.6. The highest BCUT2D eigenvalue weighted by molar-refractivity contribution is 6.21. The van der Waals surface area contributed by atoms with E-state index < -0.39 is 0 Å². The molecule has 270 valence electrons. The first-order valence-electron chi connectivity index (χ1n) is 19.7. The molecule has 0 fully saturated rings. The van der Waals surface area contributed by atoms with Crippen molar-refractivity contribution in [1.29, 1.82) is 0 Å². The van der Waals surface area contributed by atoms with Gasteiger partial charge in [-0.15, -0.1) is 0 Å². The van der Waals surface area contributed by atoms with Crippen LogP contribution in [0, 0.1) is 0 Å². The van der Waals surface area contributed by atoms with Gasteiger partial charge >= 0.3 is 0 Å².